The van der Waals surface area contributed by atoms with E-state index in [2.05, 4.69) is 4.72 Å². The summed E-state index contributed by atoms with van der Waals surface area (Å²) in [4.78, 5) is 22.1. The van der Waals surface area contributed by atoms with Crippen LogP contribution in [0.5, 0.6) is 0 Å². The zero-order chi connectivity index (χ0) is 16.8. The van der Waals surface area contributed by atoms with Gasteiger partial charge in [0, 0.05) is 6.07 Å². The first-order valence-electron chi connectivity index (χ1n) is 6.62. The van der Waals surface area contributed by atoms with Crippen LogP contribution in [0.3, 0.4) is 0 Å². The molecule has 23 heavy (non-hydrogen) atoms. The molecule has 0 saturated carbocycles. The maximum Gasteiger partial charge on any atom is 0.324 e. The molecule has 0 aliphatic carbocycles. The number of hydrogen-bond donors (Lipinski definition) is 3. The van der Waals surface area contributed by atoms with E-state index in [0.717, 1.165) is 11.9 Å². The molecule has 2 aromatic carbocycles. The first kappa shape index (κ1) is 16.9. The summed E-state index contributed by atoms with van der Waals surface area (Å²) in [5, 5.41) is 30.5. The third-order valence-electron chi connectivity index (χ3n) is 3.08. The van der Waals surface area contributed by atoms with Gasteiger partial charge in [-0.1, -0.05) is 42.5 Å². The number of nitrogens with zero attached hydrogens (tertiary/aromatic N) is 1. The number of benzene rings is 2. The number of nitro groups is 1. The summed E-state index contributed by atoms with van der Waals surface area (Å²) in [7, 11) is 0. The van der Waals surface area contributed by atoms with Crippen LogP contribution < -0.4 is 4.72 Å². The minimum Gasteiger partial charge on any atom is -0.480 e. The Labute approximate surface area is 136 Å². The maximum atomic E-state index is 11.4. The molecule has 0 unspecified atom stereocenters. The lowest BCUT2D eigenvalue weighted by atomic mass is 10.0. The summed E-state index contributed by atoms with van der Waals surface area (Å²) in [6, 6.07) is 13.0. The second kappa shape index (κ2) is 7.73. The Kier molecular flexibility index (Phi) is 5.69. The number of aliphatic hydroxyl groups excluding tert-OH is 1. The van der Waals surface area contributed by atoms with Crippen molar-refractivity contribution in [2.24, 2.45) is 0 Å². The molecule has 2 aromatic rings. The van der Waals surface area contributed by atoms with Crippen LogP contribution >= 0.6 is 11.9 Å². The minimum atomic E-state index is -1.32. The van der Waals surface area contributed by atoms with Gasteiger partial charge in [0.1, 0.15) is 17.0 Å². The fourth-order valence-corrected chi connectivity index (χ4v) is 2.79. The molecule has 0 heterocycles. The quantitative estimate of drug-likeness (QED) is 0.405. The van der Waals surface area contributed by atoms with Crippen LogP contribution in [-0.4, -0.2) is 27.1 Å². The zero-order valence-electron chi connectivity index (χ0n) is 11.8. The molecule has 0 spiro atoms. The number of hydrogen-bond acceptors (Lipinski definition) is 6. The molecule has 0 saturated heterocycles. The van der Waals surface area contributed by atoms with Crippen molar-refractivity contribution in [3.05, 3.63) is 70.3 Å². The van der Waals surface area contributed by atoms with Crippen molar-refractivity contribution < 1.29 is 19.9 Å². The van der Waals surface area contributed by atoms with Crippen molar-refractivity contribution in [1.82, 2.24) is 4.72 Å². The minimum absolute atomic E-state index is 0.136. The molecular weight excluding hydrogens is 320 g/mol. The molecule has 2 rings (SSSR count). The number of carboxylic acid groups (broad SMARTS) is 1. The van der Waals surface area contributed by atoms with Crippen molar-refractivity contribution >= 4 is 23.6 Å². The van der Waals surface area contributed by atoms with Crippen molar-refractivity contribution in [2.75, 3.05) is 0 Å². The van der Waals surface area contributed by atoms with Crippen LogP contribution in [0.25, 0.3) is 0 Å². The first-order chi connectivity index (χ1) is 11.0. The van der Waals surface area contributed by atoms with Crippen LogP contribution in [0.2, 0.25) is 0 Å². The third kappa shape index (κ3) is 4.28. The smallest absolute Gasteiger partial charge is 0.324 e. The molecular formula is C15H14N2O5S. The zero-order valence-corrected chi connectivity index (χ0v) is 12.6. The molecule has 0 aromatic heterocycles. The molecule has 2 atom stereocenters. The summed E-state index contributed by atoms with van der Waals surface area (Å²) in [6.07, 6.45) is -1.29. The number of rotatable bonds is 7. The van der Waals surface area contributed by atoms with Crippen LogP contribution in [0, 0.1) is 10.1 Å². The summed E-state index contributed by atoms with van der Waals surface area (Å²) >= 11 is 0.802. The molecule has 0 aliphatic heterocycles. The van der Waals surface area contributed by atoms with Crippen LogP contribution in [0.1, 0.15) is 11.7 Å². The number of para-hydroxylation sites is 1. The van der Waals surface area contributed by atoms with E-state index in [9.17, 15) is 25.1 Å². The molecule has 0 bridgehead atoms. The highest BCUT2D eigenvalue weighted by atomic mass is 32.2. The Morgan fingerprint density at radius 1 is 1.13 bits per heavy atom. The van der Waals surface area contributed by atoms with Gasteiger partial charge in [0.2, 0.25) is 0 Å². The molecule has 0 amide bonds. The topological polar surface area (TPSA) is 113 Å². The van der Waals surface area contributed by atoms with Gasteiger partial charge in [-0.05, 0) is 23.6 Å². The lowest BCUT2D eigenvalue weighted by Crippen LogP contribution is -2.38. The van der Waals surface area contributed by atoms with Gasteiger partial charge in [-0.2, -0.15) is 0 Å². The summed E-state index contributed by atoms with van der Waals surface area (Å²) in [5.74, 6) is -1.26. The van der Waals surface area contributed by atoms with Gasteiger partial charge in [0.15, 0.2) is 0 Å². The SMILES string of the molecule is O=C(O)[C@@H](NSc1ccccc1[N+](=O)[O-])[C@H](O)c1ccccc1. The molecule has 0 fully saturated rings. The monoisotopic (exact) mass is 334 g/mol. The largest absolute Gasteiger partial charge is 0.480 e. The molecule has 7 nitrogen and oxygen atoms in total. The van der Waals surface area contributed by atoms with Crippen LogP contribution in [0.15, 0.2) is 59.5 Å². The predicted molar refractivity (Wildman–Crippen MR) is 84.9 cm³/mol. The van der Waals surface area contributed by atoms with E-state index >= 15 is 0 Å². The van der Waals surface area contributed by atoms with Crippen molar-refractivity contribution in [1.29, 1.82) is 0 Å². The summed E-state index contributed by atoms with van der Waals surface area (Å²) in [5.41, 5.74) is 0.305. The molecule has 120 valence electrons. The van der Waals surface area contributed by atoms with Gasteiger partial charge < -0.3 is 10.2 Å². The Morgan fingerprint density at radius 3 is 2.35 bits per heavy atom. The average molecular weight is 334 g/mol. The standard InChI is InChI=1S/C15H14N2O5S/c18-14(10-6-2-1-3-7-10)13(15(19)20)16-23-12-9-5-4-8-11(12)17(21)22/h1-9,13-14,16,18H,(H,19,20)/t13-,14+/m0/s1. The lowest BCUT2D eigenvalue weighted by Gasteiger charge is -2.20. The molecule has 8 heteroatoms. The Bertz CT molecular complexity index is 695. The van der Waals surface area contributed by atoms with E-state index in [1.807, 2.05) is 0 Å². The highest BCUT2D eigenvalue weighted by Gasteiger charge is 2.28. The van der Waals surface area contributed by atoms with Crippen LogP contribution in [-0.2, 0) is 4.79 Å². The van der Waals surface area contributed by atoms with Gasteiger partial charge in [-0.25, -0.2) is 4.72 Å². The predicted octanol–water partition coefficient (Wildman–Crippen LogP) is 2.38. The van der Waals surface area contributed by atoms with E-state index in [-0.39, 0.29) is 10.6 Å². The van der Waals surface area contributed by atoms with Crippen LogP contribution in [0.4, 0.5) is 5.69 Å². The van der Waals surface area contributed by atoms with E-state index < -0.39 is 23.0 Å². The summed E-state index contributed by atoms with van der Waals surface area (Å²) < 4.78 is 2.59. The highest BCUT2D eigenvalue weighted by Crippen LogP contribution is 2.28. The highest BCUT2D eigenvalue weighted by molar-refractivity contribution is 7.97. The fraction of sp³-hybridized carbons (Fsp3) is 0.133. The molecule has 0 aliphatic rings. The van der Waals surface area contributed by atoms with Crippen molar-refractivity contribution in [3.8, 4) is 0 Å². The molecule has 3 N–H and O–H groups in total. The fourth-order valence-electron chi connectivity index (χ4n) is 1.91. The number of carbonyl (C=O) groups is 1. The lowest BCUT2D eigenvalue weighted by molar-refractivity contribution is -0.387. The first-order valence-corrected chi connectivity index (χ1v) is 7.44. The maximum absolute atomic E-state index is 11.4. The van der Waals surface area contributed by atoms with E-state index in [0.29, 0.717) is 5.56 Å². The third-order valence-corrected chi connectivity index (χ3v) is 4.02. The second-order valence-corrected chi connectivity index (χ2v) is 5.50. The number of aliphatic hydroxyl groups is 1. The Balaban J connectivity index is 2.15. The Morgan fingerprint density at radius 2 is 1.74 bits per heavy atom. The van der Waals surface area contributed by atoms with Gasteiger partial charge >= 0.3 is 5.97 Å². The van der Waals surface area contributed by atoms with Gasteiger partial charge in [-0.3, -0.25) is 14.9 Å². The van der Waals surface area contributed by atoms with Crippen molar-refractivity contribution in [3.63, 3.8) is 0 Å². The van der Waals surface area contributed by atoms with E-state index in [1.54, 1.807) is 36.4 Å². The summed E-state index contributed by atoms with van der Waals surface area (Å²) in [6.45, 7) is 0. The number of carboxylic acids is 1. The second-order valence-electron chi connectivity index (χ2n) is 4.62. The van der Waals surface area contributed by atoms with E-state index in [1.165, 1.54) is 18.2 Å². The average Bonchev–Trinajstić information content (AvgIpc) is 2.55. The number of nitro benzene ring substituents is 1. The van der Waals surface area contributed by atoms with Gasteiger partial charge in [0.05, 0.1) is 4.92 Å². The van der Waals surface area contributed by atoms with Gasteiger partial charge in [0.25, 0.3) is 5.69 Å². The Hall–Kier alpha value is -2.42. The normalized spacial score (nSPS) is 13.3. The van der Waals surface area contributed by atoms with E-state index in [4.69, 9.17) is 0 Å². The molecule has 0 radical (unpaired) electrons. The number of nitrogens with one attached hydrogen (secondary N) is 1. The number of aliphatic carboxylic acids is 1. The van der Waals surface area contributed by atoms with Gasteiger partial charge in [-0.15, -0.1) is 0 Å². The van der Waals surface area contributed by atoms with Crippen molar-refractivity contribution in [2.45, 2.75) is 17.0 Å².